The van der Waals surface area contributed by atoms with E-state index in [2.05, 4.69) is 14.8 Å². The number of esters is 1. The van der Waals surface area contributed by atoms with Gasteiger partial charge in [-0.2, -0.15) is 0 Å². The first-order valence-electron chi connectivity index (χ1n) is 4.47. The molecule has 0 aliphatic carbocycles. The monoisotopic (exact) mass is 205 g/mol. The van der Waals surface area contributed by atoms with E-state index in [4.69, 9.17) is 5.53 Å². The summed E-state index contributed by atoms with van der Waals surface area (Å²) in [5.74, 6) is -0.246. The number of nitrogens with zero attached hydrogens (tertiary/aromatic N) is 3. The van der Waals surface area contributed by atoms with Crippen LogP contribution < -0.4 is 0 Å². The van der Waals surface area contributed by atoms with Gasteiger partial charge in [-0.15, -0.1) is 0 Å². The van der Waals surface area contributed by atoms with Gasteiger partial charge in [0.2, 0.25) is 0 Å². The molecule has 1 aromatic carbocycles. The van der Waals surface area contributed by atoms with Crippen molar-refractivity contribution in [3.8, 4) is 0 Å². The molecule has 15 heavy (non-hydrogen) atoms. The molecule has 0 bridgehead atoms. The van der Waals surface area contributed by atoms with Crippen molar-refractivity contribution >= 4 is 11.7 Å². The van der Waals surface area contributed by atoms with E-state index in [9.17, 15) is 4.79 Å². The number of azide groups is 1. The predicted octanol–water partition coefficient (Wildman–Crippen LogP) is 2.73. The Morgan fingerprint density at radius 3 is 3.07 bits per heavy atom. The maximum atomic E-state index is 10.9. The summed E-state index contributed by atoms with van der Waals surface area (Å²) in [6.45, 7) is 0. The number of ether oxygens (including phenoxy) is 1. The van der Waals surface area contributed by atoms with E-state index in [1.807, 2.05) is 6.07 Å². The third-order valence-corrected chi connectivity index (χ3v) is 1.92. The van der Waals surface area contributed by atoms with Crippen molar-refractivity contribution in [1.82, 2.24) is 0 Å². The summed E-state index contributed by atoms with van der Waals surface area (Å²) >= 11 is 0. The average Bonchev–Trinajstić information content (AvgIpc) is 2.27. The zero-order valence-corrected chi connectivity index (χ0v) is 8.38. The smallest absolute Gasteiger partial charge is 0.305 e. The Labute approximate surface area is 87.3 Å². The number of rotatable bonds is 4. The van der Waals surface area contributed by atoms with Crippen LogP contribution in [0.3, 0.4) is 0 Å². The van der Waals surface area contributed by atoms with Gasteiger partial charge in [0.15, 0.2) is 0 Å². The van der Waals surface area contributed by atoms with Gasteiger partial charge in [0.1, 0.15) is 0 Å². The zero-order chi connectivity index (χ0) is 11.1. The number of methoxy groups -OCH3 is 1. The van der Waals surface area contributed by atoms with Crippen LogP contribution in [-0.4, -0.2) is 13.1 Å². The number of carbonyl (C=O) groups excluding carboxylic acids is 1. The molecule has 0 radical (unpaired) electrons. The molecule has 0 aromatic heterocycles. The van der Waals surface area contributed by atoms with Crippen LogP contribution in [0.1, 0.15) is 12.0 Å². The zero-order valence-electron chi connectivity index (χ0n) is 8.38. The molecule has 78 valence electrons. The number of hydrogen-bond acceptors (Lipinski definition) is 3. The van der Waals surface area contributed by atoms with E-state index in [1.54, 1.807) is 18.2 Å². The Kier molecular flexibility index (Phi) is 4.19. The number of carbonyl (C=O) groups is 1. The summed E-state index contributed by atoms with van der Waals surface area (Å²) in [7, 11) is 1.36. The van der Waals surface area contributed by atoms with Crippen LogP contribution in [0.5, 0.6) is 0 Å². The van der Waals surface area contributed by atoms with Crippen molar-refractivity contribution in [2.75, 3.05) is 7.11 Å². The van der Waals surface area contributed by atoms with Crippen LogP contribution >= 0.6 is 0 Å². The highest BCUT2D eigenvalue weighted by Crippen LogP contribution is 2.15. The first kappa shape index (κ1) is 11.1. The molecule has 0 saturated carbocycles. The molecule has 0 unspecified atom stereocenters. The predicted molar refractivity (Wildman–Crippen MR) is 55.6 cm³/mol. The van der Waals surface area contributed by atoms with Gasteiger partial charge in [0, 0.05) is 17.0 Å². The Hall–Kier alpha value is -2.00. The molecule has 1 aromatic rings. The highest BCUT2D eigenvalue weighted by Gasteiger charge is 2.01. The molecule has 0 amide bonds. The third-order valence-electron chi connectivity index (χ3n) is 1.92. The van der Waals surface area contributed by atoms with E-state index in [0.29, 0.717) is 18.5 Å². The van der Waals surface area contributed by atoms with Crippen LogP contribution in [0.15, 0.2) is 29.4 Å². The third kappa shape index (κ3) is 3.70. The molecule has 0 heterocycles. The van der Waals surface area contributed by atoms with E-state index in [-0.39, 0.29) is 5.97 Å². The van der Waals surface area contributed by atoms with Gasteiger partial charge >= 0.3 is 5.97 Å². The molecular weight excluding hydrogens is 194 g/mol. The van der Waals surface area contributed by atoms with E-state index in [0.717, 1.165) is 5.56 Å². The lowest BCUT2D eigenvalue weighted by Gasteiger charge is -2.01. The fourth-order valence-electron chi connectivity index (χ4n) is 1.17. The molecular formula is C10H11N3O2. The highest BCUT2D eigenvalue weighted by molar-refractivity contribution is 5.69. The van der Waals surface area contributed by atoms with Crippen molar-refractivity contribution in [1.29, 1.82) is 0 Å². The molecule has 5 nitrogen and oxygen atoms in total. The largest absolute Gasteiger partial charge is 0.469 e. The molecule has 1 rings (SSSR count). The fourth-order valence-corrected chi connectivity index (χ4v) is 1.17. The SMILES string of the molecule is COC(=O)CCc1cccc(N=[N+]=[N-])c1. The first-order valence-corrected chi connectivity index (χ1v) is 4.47. The van der Waals surface area contributed by atoms with E-state index >= 15 is 0 Å². The summed E-state index contributed by atoms with van der Waals surface area (Å²) in [6.07, 6.45) is 0.914. The minimum Gasteiger partial charge on any atom is -0.469 e. The van der Waals surface area contributed by atoms with Gasteiger partial charge in [-0.1, -0.05) is 23.3 Å². The summed E-state index contributed by atoms with van der Waals surface area (Å²) in [5.41, 5.74) is 9.76. The van der Waals surface area contributed by atoms with E-state index in [1.165, 1.54) is 7.11 Å². The minimum atomic E-state index is -0.246. The summed E-state index contributed by atoms with van der Waals surface area (Å²) < 4.78 is 4.53. The average molecular weight is 205 g/mol. The normalized spacial score (nSPS) is 9.13. The highest BCUT2D eigenvalue weighted by atomic mass is 16.5. The van der Waals surface area contributed by atoms with Gasteiger partial charge in [-0.05, 0) is 23.6 Å². The van der Waals surface area contributed by atoms with Crippen LogP contribution in [0, 0.1) is 0 Å². The van der Waals surface area contributed by atoms with Crippen molar-refractivity contribution in [2.24, 2.45) is 5.11 Å². The summed E-state index contributed by atoms with van der Waals surface area (Å²) in [4.78, 5) is 13.6. The van der Waals surface area contributed by atoms with Crippen molar-refractivity contribution in [3.05, 3.63) is 40.3 Å². The lowest BCUT2D eigenvalue weighted by molar-refractivity contribution is -0.140. The van der Waals surface area contributed by atoms with Crippen LogP contribution in [-0.2, 0) is 16.0 Å². The van der Waals surface area contributed by atoms with Crippen molar-refractivity contribution < 1.29 is 9.53 Å². The summed E-state index contributed by atoms with van der Waals surface area (Å²) in [6, 6.07) is 7.12. The van der Waals surface area contributed by atoms with Crippen molar-refractivity contribution in [3.63, 3.8) is 0 Å². The number of hydrogen-bond donors (Lipinski definition) is 0. The Balaban J connectivity index is 2.65. The van der Waals surface area contributed by atoms with Gasteiger partial charge in [-0.25, -0.2) is 0 Å². The molecule has 0 aliphatic heterocycles. The molecule has 0 spiro atoms. The molecule has 5 heteroatoms. The second-order valence-electron chi connectivity index (χ2n) is 2.94. The van der Waals surface area contributed by atoms with E-state index < -0.39 is 0 Å². The molecule has 0 fully saturated rings. The molecule has 0 aliphatic rings. The van der Waals surface area contributed by atoms with Gasteiger partial charge in [-0.3, -0.25) is 4.79 Å². The molecule has 0 atom stereocenters. The van der Waals surface area contributed by atoms with Crippen LogP contribution in [0.2, 0.25) is 0 Å². The minimum absolute atomic E-state index is 0.246. The Morgan fingerprint density at radius 1 is 1.60 bits per heavy atom. The lowest BCUT2D eigenvalue weighted by atomic mass is 10.1. The van der Waals surface area contributed by atoms with Gasteiger partial charge in [0.05, 0.1) is 7.11 Å². The first-order chi connectivity index (χ1) is 7.26. The maximum Gasteiger partial charge on any atom is 0.305 e. The maximum absolute atomic E-state index is 10.9. The number of aryl methyl sites for hydroxylation is 1. The quantitative estimate of drug-likeness (QED) is 0.328. The number of benzene rings is 1. The Morgan fingerprint density at radius 2 is 2.40 bits per heavy atom. The fraction of sp³-hybridized carbons (Fsp3) is 0.300. The molecule has 0 saturated heterocycles. The lowest BCUT2D eigenvalue weighted by Crippen LogP contribution is -2.01. The Bertz CT molecular complexity index is 397. The van der Waals surface area contributed by atoms with Gasteiger partial charge in [0.25, 0.3) is 0 Å². The second kappa shape index (κ2) is 5.67. The van der Waals surface area contributed by atoms with Crippen LogP contribution in [0.25, 0.3) is 10.4 Å². The molecule has 0 N–H and O–H groups in total. The van der Waals surface area contributed by atoms with Crippen molar-refractivity contribution in [2.45, 2.75) is 12.8 Å². The standard InChI is InChI=1S/C10H11N3O2/c1-15-10(14)6-5-8-3-2-4-9(7-8)12-13-11/h2-4,7H,5-6H2,1H3. The summed E-state index contributed by atoms with van der Waals surface area (Å²) in [5, 5.41) is 3.48. The second-order valence-corrected chi connectivity index (χ2v) is 2.94. The van der Waals surface area contributed by atoms with Gasteiger partial charge < -0.3 is 4.74 Å². The van der Waals surface area contributed by atoms with Crippen LogP contribution in [0.4, 0.5) is 5.69 Å². The topological polar surface area (TPSA) is 75.1 Å².